The lowest BCUT2D eigenvalue weighted by atomic mass is 10.0. The maximum Gasteiger partial charge on any atom is 0.313 e. The van der Waals surface area contributed by atoms with Gasteiger partial charge in [-0.25, -0.2) is 4.39 Å². The van der Waals surface area contributed by atoms with Crippen molar-refractivity contribution in [2.45, 2.75) is 19.8 Å². The molecule has 5 heteroatoms. The molecule has 0 saturated carbocycles. The molecule has 23 heavy (non-hydrogen) atoms. The quantitative estimate of drug-likeness (QED) is 0.852. The van der Waals surface area contributed by atoms with Crippen molar-refractivity contribution in [1.29, 1.82) is 0 Å². The van der Waals surface area contributed by atoms with Gasteiger partial charge in [-0.15, -0.1) is 0 Å². The number of halogens is 1. The zero-order valence-electron chi connectivity index (χ0n) is 13.1. The van der Waals surface area contributed by atoms with Crippen LogP contribution in [0.25, 0.3) is 0 Å². The lowest BCUT2D eigenvalue weighted by Gasteiger charge is -2.13. The molecule has 0 aliphatic heterocycles. The molecule has 0 saturated heterocycles. The zero-order valence-corrected chi connectivity index (χ0v) is 13.1. The van der Waals surface area contributed by atoms with E-state index in [1.807, 2.05) is 37.3 Å². The molecule has 0 aromatic heterocycles. The van der Waals surface area contributed by atoms with Crippen LogP contribution in [0.5, 0.6) is 0 Å². The summed E-state index contributed by atoms with van der Waals surface area (Å²) in [6, 6.07) is 14.0. The number of aryl methyl sites for hydroxylation is 1. The molecule has 2 aromatic carbocycles. The summed E-state index contributed by atoms with van der Waals surface area (Å²) in [5.74, 6) is -1.90. The Labute approximate surface area is 134 Å². The summed E-state index contributed by atoms with van der Waals surface area (Å²) in [6.07, 6.45) is 0. The second kappa shape index (κ2) is 7.54. The van der Waals surface area contributed by atoms with Crippen LogP contribution < -0.4 is 10.6 Å². The fraction of sp³-hybridized carbons (Fsp3) is 0.222. The lowest BCUT2D eigenvalue weighted by molar-refractivity contribution is -0.136. The molecule has 2 amide bonds. The normalized spacial score (nSPS) is 11.6. The van der Waals surface area contributed by atoms with Crippen LogP contribution in [-0.4, -0.2) is 18.4 Å². The Morgan fingerprint density at radius 2 is 1.78 bits per heavy atom. The van der Waals surface area contributed by atoms with Gasteiger partial charge in [0.25, 0.3) is 0 Å². The van der Waals surface area contributed by atoms with Crippen LogP contribution in [0.4, 0.5) is 10.1 Å². The molecule has 0 radical (unpaired) electrons. The van der Waals surface area contributed by atoms with Crippen LogP contribution in [-0.2, 0) is 9.59 Å². The van der Waals surface area contributed by atoms with E-state index in [1.165, 1.54) is 6.07 Å². The molecule has 2 N–H and O–H groups in total. The van der Waals surface area contributed by atoms with Crippen LogP contribution in [0.15, 0.2) is 48.5 Å². The van der Waals surface area contributed by atoms with E-state index in [2.05, 4.69) is 10.6 Å². The molecular formula is C18H19FN2O2. The van der Waals surface area contributed by atoms with E-state index in [4.69, 9.17) is 0 Å². The highest BCUT2D eigenvalue weighted by Gasteiger charge is 2.15. The first-order valence-corrected chi connectivity index (χ1v) is 7.37. The third-order valence-electron chi connectivity index (χ3n) is 3.57. The number of benzene rings is 2. The predicted octanol–water partition coefficient (Wildman–Crippen LogP) is 2.99. The molecule has 0 bridgehead atoms. The number of amides is 2. The van der Waals surface area contributed by atoms with Crippen molar-refractivity contribution < 1.29 is 14.0 Å². The minimum absolute atomic E-state index is 0.0877. The van der Waals surface area contributed by atoms with Crippen molar-refractivity contribution >= 4 is 17.5 Å². The topological polar surface area (TPSA) is 58.2 Å². The Morgan fingerprint density at radius 3 is 2.43 bits per heavy atom. The van der Waals surface area contributed by atoms with Crippen molar-refractivity contribution in [3.8, 4) is 0 Å². The van der Waals surface area contributed by atoms with Crippen LogP contribution >= 0.6 is 0 Å². The molecule has 1 atom stereocenters. The average Bonchev–Trinajstić information content (AvgIpc) is 2.56. The summed E-state index contributed by atoms with van der Waals surface area (Å²) in [5.41, 5.74) is 1.81. The molecule has 0 aliphatic carbocycles. The maximum atomic E-state index is 13.4. The Balaban J connectivity index is 1.87. The van der Waals surface area contributed by atoms with E-state index < -0.39 is 17.6 Å². The van der Waals surface area contributed by atoms with E-state index >= 15 is 0 Å². The zero-order chi connectivity index (χ0) is 16.8. The van der Waals surface area contributed by atoms with Crippen LogP contribution in [0.3, 0.4) is 0 Å². The Kier molecular flexibility index (Phi) is 5.46. The van der Waals surface area contributed by atoms with Gasteiger partial charge in [0.1, 0.15) is 5.82 Å². The number of hydrogen-bond donors (Lipinski definition) is 2. The fourth-order valence-corrected chi connectivity index (χ4v) is 2.08. The second-order valence-electron chi connectivity index (χ2n) is 5.44. The minimum atomic E-state index is -0.812. The molecule has 120 valence electrons. The number of anilines is 1. The predicted molar refractivity (Wildman–Crippen MR) is 87.6 cm³/mol. The number of rotatable bonds is 4. The number of carbonyl (C=O) groups is 2. The third-order valence-corrected chi connectivity index (χ3v) is 3.57. The van der Waals surface area contributed by atoms with E-state index in [-0.39, 0.29) is 11.6 Å². The summed E-state index contributed by atoms with van der Waals surface area (Å²) in [7, 11) is 0. The van der Waals surface area contributed by atoms with Crippen LogP contribution in [0.2, 0.25) is 0 Å². The molecule has 0 aliphatic rings. The molecule has 2 rings (SSSR count). The summed E-state index contributed by atoms with van der Waals surface area (Å²) < 4.78 is 13.4. The largest absolute Gasteiger partial charge is 0.347 e. The van der Waals surface area contributed by atoms with Crippen molar-refractivity contribution in [3.05, 3.63) is 65.5 Å². The van der Waals surface area contributed by atoms with E-state index in [9.17, 15) is 14.0 Å². The van der Waals surface area contributed by atoms with Gasteiger partial charge in [-0.05, 0) is 36.1 Å². The van der Waals surface area contributed by atoms with Gasteiger partial charge < -0.3 is 10.6 Å². The van der Waals surface area contributed by atoms with Crippen molar-refractivity contribution in [2.75, 3.05) is 11.9 Å². The average molecular weight is 314 g/mol. The Hall–Kier alpha value is -2.69. The lowest BCUT2D eigenvalue weighted by Crippen LogP contribution is -2.37. The van der Waals surface area contributed by atoms with Gasteiger partial charge in [-0.3, -0.25) is 9.59 Å². The van der Waals surface area contributed by atoms with Gasteiger partial charge >= 0.3 is 11.8 Å². The van der Waals surface area contributed by atoms with E-state index in [0.717, 1.165) is 5.56 Å². The first kappa shape index (κ1) is 16.7. The maximum absolute atomic E-state index is 13.4. The molecular weight excluding hydrogens is 295 g/mol. The molecule has 0 fully saturated rings. The molecule has 0 spiro atoms. The first-order valence-electron chi connectivity index (χ1n) is 7.37. The standard InChI is InChI=1S/C18H19FN2O2/c1-12-8-9-15(10-16(12)19)21-18(23)17(22)20-11-13(2)14-6-4-3-5-7-14/h3-10,13H,11H2,1-2H3,(H,20,22)(H,21,23)/t13-/m1/s1. The van der Waals surface area contributed by atoms with Crippen LogP contribution in [0.1, 0.15) is 24.0 Å². The van der Waals surface area contributed by atoms with Crippen LogP contribution in [0, 0.1) is 12.7 Å². The molecule has 0 unspecified atom stereocenters. The fourth-order valence-electron chi connectivity index (χ4n) is 2.08. The third kappa shape index (κ3) is 4.64. The summed E-state index contributed by atoms with van der Waals surface area (Å²) in [5, 5.41) is 4.96. The van der Waals surface area contributed by atoms with Crippen molar-refractivity contribution in [2.24, 2.45) is 0 Å². The highest BCUT2D eigenvalue weighted by atomic mass is 19.1. The molecule has 2 aromatic rings. The summed E-state index contributed by atoms with van der Waals surface area (Å²) >= 11 is 0. The number of nitrogens with one attached hydrogen (secondary N) is 2. The number of carbonyl (C=O) groups excluding carboxylic acids is 2. The Bertz CT molecular complexity index is 701. The summed E-state index contributed by atoms with van der Waals surface area (Å²) in [4.78, 5) is 23.6. The van der Waals surface area contributed by atoms with Crippen molar-refractivity contribution in [1.82, 2.24) is 5.32 Å². The highest BCUT2D eigenvalue weighted by molar-refractivity contribution is 6.39. The van der Waals surface area contributed by atoms with Gasteiger partial charge in [0.2, 0.25) is 0 Å². The monoisotopic (exact) mass is 314 g/mol. The van der Waals surface area contributed by atoms with Gasteiger partial charge in [-0.2, -0.15) is 0 Å². The van der Waals surface area contributed by atoms with Gasteiger partial charge in [0.15, 0.2) is 0 Å². The summed E-state index contributed by atoms with van der Waals surface area (Å²) in [6.45, 7) is 3.93. The molecule has 0 heterocycles. The van der Waals surface area contributed by atoms with Gasteiger partial charge in [-0.1, -0.05) is 43.3 Å². The van der Waals surface area contributed by atoms with Crippen molar-refractivity contribution in [3.63, 3.8) is 0 Å². The van der Waals surface area contributed by atoms with Gasteiger partial charge in [0, 0.05) is 12.2 Å². The number of hydrogen-bond acceptors (Lipinski definition) is 2. The minimum Gasteiger partial charge on any atom is -0.347 e. The smallest absolute Gasteiger partial charge is 0.313 e. The second-order valence-corrected chi connectivity index (χ2v) is 5.44. The molecule has 4 nitrogen and oxygen atoms in total. The van der Waals surface area contributed by atoms with Gasteiger partial charge in [0.05, 0.1) is 0 Å². The SMILES string of the molecule is Cc1ccc(NC(=O)C(=O)NC[C@@H](C)c2ccccc2)cc1F. The van der Waals surface area contributed by atoms with E-state index in [0.29, 0.717) is 12.1 Å². The highest BCUT2D eigenvalue weighted by Crippen LogP contribution is 2.14. The first-order chi connectivity index (χ1) is 11.0. The Morgan fingerprint density at radius 1 is 1.09 bits per heavy atom. The van der Waals surface area contributed by atoms with E-state index in [1.54, 1.807) is 19.1 Å².